The summed E-state index contributed by atoms with van der Waals surface area (Å²) in [5, 5.41) is 15.8. The number of nitrogens with zero attached hydrogens (tertiary/aromatic N) is 2. The van der Waals surface area contributed by atoms with Gasteiger partial charge >= 0.3 is 12.0 Å². The summed E-state index contributed by atoms with van der Waals surface area (Å²) < 4.78 is 5.07. The van der Waals surface area contributed by atoms with Gasteiger partial charge in [-0.15, -0.1) is 5.10 Å². The van der Waals surface area contributed by atoms with E-state index in [-0.39, 0.29) is 12.1 Å². The minimum Gasteiger partial charge on any atom is -0.408 e. The number of carbonyl (C=O) groups excluding carboxylic acids is 1. The van der Waals surface area contributed by atoms with Crippen molar-refractivity contribution in [3.8, 4) is 0 Å². The normalized spacial score (nSPS) is 12.0. The van der Waals surface area contributed by atoms with E-state index in [0.717, 1.165) is 12.1 Å². The molecule has 2 aromatic rings. The van der Waals surface area contributed by atoms with Gasteiger partial charge in [-0.1, -0.05) is 24.2 Å². The first-order valence-electron chi connectivity index (χ1n) is 6.80. The Kier molecular flexibility index (Phi) is 4.89. The highest BCUT2D eigenvalue weighted by molar-refractivity contribution is 5.98. The lowest BCUT2D eigenvalue weighted by Crippen LogP contribution is -2.20. The van der Waals surface area contributed by atoms with Crippen molar-refractivity contribution in [3.63, 3.8) is 0 Å². The van der Waals surface area contributed by atoms with E-state index in [1.54, 1.807) is 6.92 Å². The maximum atomic E-state index is 11.8. The number of nitrogens with one attached hydrogen (secondary N) is 3. The fourth-order valence-electron chi connectivity index (χ4n) is 1.89. The molecule has 1 atom stereocenters. The summed E-state index contributed by atoms with van der Waals surface area (Å²) in [4.78, 5) is 11.8. The molecule has 1 heterocycles. The Hall–Kier alpha value is -2.41. The Morgan fingerprint density at radius 1 is 1.24 bits per heavy atom. The van der Waals surface area contributed by atoms with E-state index in [1.807, 2.05) is 24.3 Å². The summed E-state index contributed by atoms with van der Waals surface area (Å²) in [7, 11) is 0. The minimum atomic E-state index is -0.425. The van der Waals surface area contributed by atoms with Gasteiger partial charge in [0, 0.05) is 18.7 Å². The van der Waals surface area contributed by atoms with E-state index in [4.69, 9.17) is 4.42 Å². The topological polar surface area (TPSA) is 92.1 Å². The SMILES string of the molecule is CCNC(C)c1ccc(NC(=O)Nc2nnc(C)o2)cc1. The number of benzene rings is 1. The molecule has 21 heavy (non-hydrogen) atoms. The molecule has 2 rings (SSSR count). The van der Waals surface area contributed by atoms with Crippen molar-refractivity contribution in [2.75, 3.05) is 17.2 Å². The summed E-state index contributed by atoms with van der Waals surface area (Å²) in [5.41, 5.74) is 1.85. The molecule has 112 valence electrons. The van der Waals surface area contributed by atoms with Crippen LogP contribution in [-0.2, 0) is 0 Å². The second-order valence-corrected chi connectivity index (χ2v) is 4.61. The second kappa shape index (κ2) is 6.85. The lowest BCUT2D eigenvalue weighted by atomic mass is 10.1. The molecule has 7 heteroatoms. The molecular formula is C14H19N5O2. The smallest absolute Gasteiger partial charge is 0.327 e. The Labute approximate surface area is 123 Å². The first-order chi connectivity index (χ1) is 10.1. The van der Waals surface area contributed by atoms with Crippen molar-refractivity contribution >= 4 is 17.7 Å². The van der Waals surface area contributed by atoms with Gasteiger partial charge in [-0.05, 0) is 31.2 Å². The molecule has 0 saturated carbocycles. The number of urea groups is 1. The number of amides is 2. The van der Waals surface area contributed by atoms with Gasteiger partial charge in [0.25, 0.3) is 0 Å². The van der Waals surface area contributed by atoms with Crippen LogP contribution in [-0.4, -0.2) is 22.8 Å². The number of rotatable bonds is 5. The third-order valence-corrected chi connectivity index (χ3v) is 2.93. The van der Waals surface area contributed by atoms with Gasteiger partial charge in [0.1, 0.15) is 0 Å². The summed E-state index contributed by atoms with van der Waals surface area (Å²) >= 11 is 0. The Bertz CT molecular complexity index is 594. The molecular weight excluding hydrogens is 270 g/mol. The van der Waals surface area contributed by atoms with E-state index in [9.17, 15) is 4.79 Å². The maximum Gasteiger partial charge on any atom is 0.327 e. The van der Waals surface area contributed by atoms with Crippen LogP contribution in [0.25, 0.3) is 0 Å². The zero-order valence-corrected chi connectivity index (χ0v) is 12.3. The number of carbonyl (C=O) groups is 1. The molecule has 2 amide bonds. The van der Waals surface area contributed by atoms with Crippen LogP contribution in [0.4, 0.5) is 16.5 Å². The zero-order chi connectivity index (χ0) is 15.2. The average Bonchev–Trinajstić information content (AvgIpc) is 2.85. The third-order valence-electron chi connectivity index (χ3n) is 2.93. The molecule has 0 aliphatic rings. The number of aromatic nitrogens is 2. The van der Waals surface area contributed by atoms with Gasteiger partial charge in [0.05, 0.1) is 0 Å². The molecule has 1 unspecified atom stereocenters. The predicted octanol–water partition coefficient (Wildman–Crippen LogP) is 2.69. The molecule has 0 bridgehead atoms. The van der Waals surface area contributed by atoms with Gasteiger partial charge in [0.15, 0.2) is 0 Å². The highest BCUT2D eigenvalue weighted by atomic mass is 16.4. The summed E-state index contributed by atoms with van der Waals surface area (Å²) in [6.45, 7) is 6.72. The Morgan fingerprint density at radius 2 is 1.95 bits per heavy atom. The van der Waals surface area contributed by atoms with Gasteiger partial charge in [0.2, 0.25) is 5.89 Å². The molecule has 1 aromatic carbocycles. The quantitative estimate of drug-likeness (QED) is 0.787. The predicted molar refractivity (Wildman–Crippen MR) is 80.2 cm³/mol. The van der Waals surface area contributed by atoms with Crippen molar-refractivity contribution in [1.29, 1.82) is 0 Å². The van der Waals surface area contributed by atoms with E-state index < -0.39 is 6.03 Å². The van der Waals surface area contributed by atoms with Gasteiger partial charge in [-0.3, -0.25) is 5.32 Å². The monoisotopic (exact) mass is 289 g/mol. The van der Waals surface area contributed by atoms with Gasteiger partial charge in [-0.25, -0.2) is 4.79 Å². The molecule has 0 radical (unpaired) electrons. The fourth-order valence-corrected chi connectivity index (χ4v) is 1.89. The van der Waals surface area contributed by atoms with Crippen LogP contribution in [0.1, 0.15) is 31.3 Å². The first-order valence-corrected chi connectivity index (χ1v) is 6.80. The molecule has 0 aliphatic heterocycles. The van der Waals surface area contributed by atoms with Crippen LogP contribution in [0.5, 0.6) is 0 Å². The van der Waals surface area contributed by atoms with Crippen LogP contribution < -0.4 is 16.0 Å². The van der Waals surface area contributed by atoms with Crippen molar-refractivity contribution in [2.24, 2.45) is 0 Å². The average molecular weight is 289 g/mol. The van der Waals surface area contributed by atoms with Crippen molar-refractivity contribution in [3.05, 3.63) is 35.7 Å². The van der Waals surface area contributed by atoms with E-state index in [2.05, 4.69) is 40.0 Å². The number of hydrogen-bond donors (Lipinski definition) is 3. The van der Waals surface area contributed by atoms with E-state index >= 15 is 0 Å². The largest absolute Gasteiger partial charge is 0.408 e. The lowest BCUT2D eigenvalue weighted by Gasteiger charge is -2.13. The molecule has 0 spiro atoms. The number of aryl methyl sites for hydroxylation is 1. The Morgan fingerprint density at radius 3 is 2.52 bits per heavy atom. The van der Waals surface area contributed by atoms with Crippen LogP contribution >= 0.6 is 0 Å². The van der Waals surface area contributed by atoms with Crippen molar-refractivity contribution < 1.29 is 9.21 Å². The van der Waals surface area contributed by atoms with E-state index in [0.29, 0.717) is 11.6 Å². The van der Waals surface area contributed by atoms with Gasteiger partial charge < -0.3 is 15.1 Å². The van der Waals surface area contributed by atoms with Crippen LogP contribution in [0, 0.1) is 6.92 Å². The molecule has 0 saturated heterocycles. The second-order valence-electron chi connectivity index (χ2n) is 4.61. The van der Waals surface area contributed by atoms with Crippen molar-refractivity contribution in [1.82, 2.24) is 15.5 Å². The zero-order valence-electron chi connectivity index (χ0n) is 12.3. The molecule has 0 fully saturated rings. The van der Waals surface area contributed by atoms with Crippen LogP contribution in [0.3, 0.4) is 0 Å². The van der Waals surface area contributed by atoms with Gasteiger partial charge in [-0.2, -0.15) is 0 Å². The summed E-state index contributed by atoms with van der Waals surface area (Å²) in [6.07, 6.45) is 0. The maximum absolute atomic E-state index is 11.8. The highest BCUT2D eigenvalue weighted by Crippen LogP contribution is 2.16. The molecule has 1 aromatic heterocycles. The fraction of sp³-hybridized carbons (Fsp3) is 0.357. The number of anilines is 2. The summed E-state index contributed by atoms with van der Waals surface area (Å²) in [6, 6.07) is 7.57. The molecule has 0 aliphatic carbocycles. The van der Waals surface area contributed by atoms with Crippen LogP contribution in [0.2, 0.25) is 0 Å². The van der Waals surface area contributed by atoms with E-state index in [1.165, 1.54) is 0 Å². The lowest BCUT2D eigenvalue weighted by molar-refractivity contribution is 0.261. The Balaban J connectivity index is 1.92. The van der Waals surface area contributed by atoms with Crippen LogP contribution in [0.15, 0.2) is 28.7 Å². The minimum absolute atomic E-state index is 0.0717. The highest BCUT2D eigenvalue weighted by Gasteiger charge is 2.08. The standard InChI is InChI=1S/C14H19N5O2/c1-4-15-9(2)11-5-7-12(8-6-11)16-13(20)17-14-19-18-10(3)21-14/h5-9,15H,4H2,1-3H3,(H2,16,17,19,20). The third kappa shape index (κ3) is 4.28. The summed E-state index contributed by atoms with van der Waals surface area (Å²) in [5.74, 6) is 0.395. The number of hydrogen-bond acceptors (Lipinski definition) is 5. The molecule has 3 N–H and O–H groups in total. The van der Waals surface area contributed by atoms with Crippen molar-refractivity contribution in [2.45, 2.75) is 26.8 Å². The molecule has 7 nitrogen and oxygen atoms in total. The first kappa shape index (κ1) is 15.0.